The fourth-order valence-corrected chi connectivity index (χ4v) is 3.21. The van der Waals surface area contributed by atoms with Gasteiger partial charge in [0.2, 0.25) is 11.6 Å². The highest BCUT2D eigenvalue weighted by molar-refractivity contribution is 6.30. The minimum atomic E-state index is -4.94. The zero-order chi connectivity index (χ0) is 22.2. The molecule has 0 saturated heterocycles. The van der Waals surface area contributed by atoms with Crippen LogP contribution in [0.2, 0.25) is 5.02 Å². The molecule has 158 valence electrons. The third-order valence-corrected chi connectivity index (χ3v) is 5.17. The van der Waals surface area contributed by atoms with Gasteiger partial charge in [-0.25, -0.2) is 4.98 Å². The first-order chi connectivity index (χ1) is 14.0. The van der Waals surface area contributed by atoms with Crippen LogP contribution < -0.4 is 10.9 Å². The average molecular weight is 438 g/mol. The quantitative estimate of drug-likeness (QED) is 0.650. The highest BCUT2D eigenvalue weighted by atomic mass is 35.5. The van der Waals surface area contributed by atoms with E-state index in [1.807, 2.05) is 0 Å². The van der Waals surface area contributed by atoms with Gasteiger partial charge in [0.1, 0.15) is 6.04 Å². The van der Waals surface area contributed by atoms with Crippen LogP contribution in [0.1, 0.15) is 35.3 Å². The number of alkyl halides is 3. The van der Waals surface area contributed by atoms with Crippen LogP contribution in [0.4, 0.5) is 13.2 Å². The molecule has 0 aliphatic heterocycles. The Balaban J connectivity index is 2.04. The number of hydrogen-bond donors (Lipinski definition) is 1. The van der Waals surface area contributed by atoms with E-state index in [4.69, 9.17) is 11.6 Å². The number of amides is 1. The van der Waals surface area contributed by atoms with Crippen LogP contribution in [-0.4, -0.2) is 15.5 Å². The molecule has 1 amide bonds. The van der Waals surface area contributed by atoms with Crippen molar-refractivity contribution >= 4 is 28.5 Å². The Labute approximate surface area is 175 Å². The SMILES string of the molecule is Cc1cc2nc(C(F)(F)F)c(=O)n(C(C)C(=O)NCc3ccc(Cl)cc3)c2cc1C. The second-order valence-corrected chi connectivity index (χ2v) is 7.52. The molecular weight excluding hydrogens is 419 g/mol. The molecule has 1 heterocycles. The fourth-order valence-electron chi connectivity index (χ4n) is 3.09. The van der Waals surface area contributed by atoms with Crippen molar-refractivity contribution in [2.75, 3.05) is 0 Å². The maximum absolute atomic E-state index is 13.4. The van der Waals surface area contributed by atoms with E-state index in [0.717, 1.165) is 21.3 Å². The highest BCUT2D eigenvalue weighted by Gasteiger charge is 2.38. The summed E-state index contributed by atoms with van der Waals surface area (Å²) in [7, 11) is 0. The lowest BCUT2D eigenvalue weighted by Crippen LogP contribution is -2.39. The van der Waals surface area contributed by atoms with Crippen LogP contribution >= 0.6 is 11.6 Å². The van der Waals surface area contributed by atoms with Crippen molar-refractivity contribution in [3.05, 3.63) is 74.2 Å². The number of benzene rings is 2. The monoisotopic (exact) mass is 437 g/mol. The molecule has 0 aliphatic rings. The first-order valence-electron chi connectivity index (χ1n) is 9.12. The van der Waals surface area contributed by atoms with Gasteiger partial charge in [-0.05, 0) is 61.7 Å². The summed E-state index contributed by atoms with van der Waals surface area (Å²) >= 11 is 5.83. The summed E-state index contributed by atoms with van der Waals surface area (Å²) < 4.78 is 41.1. The molecule has 1 atom stereocenters. The van der Waals surface area contributed by atoms with Gasteiger partial charge in [-0.15, -0.1) is 0 Å². The maximum atomic E-state index is 13.4. The molecule has 2 aromatic carbocycles. The third kappa shape index (κ3) is 4.33. The molecule has 1 unspecified atom stereocenters. The topological polar surface area (TPSA) is 64.0 Å². The van der Waals surface area contributed by atoms with Gasteiger partial charge < -0.3 is 5.32 Å². The summed E-state index contributed by atoms with van der Waals surface area (Å²) in [5.74, 6) is -0.592. The number of nitrogens with zero attached hydrogens (tertiary/aromatic N) is 2. The third-order valence-electron chi connectivity index (χ3n) is 4.92. The first kappa shape index (κ1) is 21.8. The fraction of sp³-hybridized carbons (Fsp3) is 0.286. The van der Waals surface area contributed by atoms with Crippen LogP contribution in [0.5, 0.6) is 0 Å². The molecule has 3 rings (SSSR count). The predicted octanol–water partition coefficient (Wildman–Crippen LogP) is 4.56. The van der Waals surface area contributed by atoms with E-state index in [1.54, 1.807) is 44.2 Å². The Kier molecular flexibility index (Phi) is 5.90. The van der Waals surface area contributed by atoms with Crippen molar-refractivity contribution < 1.29 is 18.0 Å². The van der Waals surface area contributed by atoms with Gasteiger partial charge in [0, 0.05) is 11.6 Å². The van der Waals surface area contributed by atoms with Crippen molar-refractivity contribution in [1.29, 1.82) is 0 Å². The van der Waals surface area contributed by atoms with Gasteiger partial charge in [0.25, 0.3) is 5.56 Å². The standard InChI is InChI=1S/C21H19ClF3N3O2/c1-11-8-16-17(9-12(11)2)28(20(30)18(27-16)21(23,24)25)13(3)19(29)26-10-14-4-6-15(22)7-5-14/h4-9,13H,10H2,1-3H3,(H,26,29). The number of halogens is 4. The van der Waals surface area contributed by atoms with E-state index in [9.17, 15) is 22.8 Å². The van der Waals surface area contributed by atoms with E-state index in [1.165, 1.54) is 13.0 Å². The van der Waals surface area contributed by atoms with Gasteiger partial charge in [0.15, 0.2) is 0 Å². The first-order valence-corrected chi connectivity index (χ1v) is 9.49. The summed E-state index contributed by atoms with van der Waals surface area (Å²) in [6.45, 7) is 5.03. The number of fused-ring (bicyclic) bond motifs is 1. The molecular formula is C21H19ClF3N3O2. The molecule has 1 aromatic heterocycles. The Hall–Kier alpha value is -2.87. The predicted molar refractivity (Wildman–Crippen MR) is 108 cm³/mol. The zero-order valence-electron chi connectivity index (χ0n) is 16.5. The molecule has 0 aliphatic carbocycles. The van der Waals surface area contributed by atoms with Crippen molar-refractivity contribution in [2.24, 2.45) is 0 Å². The number of aryl methyl sites for hydroxylation is 2. The largest absolute Gasteiger partial charge is 0.438 e. The number of aromatic nitrogens is 2. The smallest absolute Gasteiger partial charge is 0.350 e. The lowest BCUT2D eigenvalue weighted by atomic mass is 10.1. The summed E-state index contributed by atoms with van der Waals surface area (Å²) in [4.78, 5) is 28.9. The molecule has 0 bridgehead atoms. The molecule has 0 radical (unpaired) electrons. The van der Waals surface area contributed by atoms with E-state index >= 15 is 0 Å². The molecule has 5 nitrogen and oxygen atoms in total. The molecule has 0 saturated carbocycles. The van der Waals surface area contributed by atoms with Crippen molar-refractivity contribution in [1.82, 2.24) is 14.9 Å². The Morgan fingerprint density at radius 3 is 2.37 bits per heavy atom. The van der Waals surface area contributed by atoms with Gasteiger partial charge in [-0.1, -0.05) is 23.7 Å². The normalized spacial score (nSPS) is 12.8. The minimum Gasteiger partial charge on any atom is -0.350 e. The summed E-state index contributed by atoms with van der Waals surface area (Å²) in [5, 5.41) is 3.19. The van der Waals surface area contributed by atoms with Gasteiger partial charge in [0.05, 0.1) is 11.0 Å². The number of carbonyl (C=O) groups excluding carboxylic acids is 1. The number of rotatable bonds is 4. The van der Waals surface area contributed by atoms with E-state index < -0.39 is 29.4 Å². The molecule has 0 spiro atoms. The minimum absolute atomic E-state index is 0.00220. The Morgan fingerprint density at radius 2 is 1.77 bits per heavy atom. The maximum Gasteiger partial charge on any atom is 0.438 e. The van der Waals surface area contributed by atoms with Crippen LogP contribution in [0.3, 0.4) is 0 Å². The lowest BCUT2D eigenvalue weighted by molar-refractivity contribution is -0.142. The summed E-state index contributed by atoms with van der Waals surface area (Å²) in [5.41, 5.74) is -0.468. The van der Waals surface area contributed by atoms with Crippen LogP contribution in [0.15, 0.2) is 41.2 Å². The average Bonchev–Trinajstić information content (AvgIpc) is 2.67. The second kappa shape index (κ2) is 8.10. The molecule has 9 heteroatoms. The van der Waals surface area contributed by atoms with Crippen LogP contribution in [-0.2, 0) is 17.5 Å². The van der Waals surface area contributed by atoms with Gasteiger partial charge in [-0.3, -0.25) is 14.2 Å². The second-order valence-electron chi connectivity index (χ2n) is 7.08. The Bertz CT molecular complexity index is 1170. The van der Waals surface area contributed by atoms with Gasteiger partial charge in [-0.2, -0.15) is 13.2 Å². The molecule has 3 aromatic rings. The van der Waals surface area contributed by atoms with E-state index in [-0.39, 0.29) is 17.6 Å². The number of carbonyl (C=O) groups is 1. The lowest BCUT2D eigenvalue weighted by Gasteiger charge is -2.20. The summed E-state index contributed by atoms with van der Waals surface area (Å²) in [6.07, 6.45) is -4.94. The zero-order valence-corrected chi connectivity index (χ0v) is 17.2. The van der Waals surface area contributed by atoms with Crippen LogP contribution in [0.25, 0.3) is 11.0 Å². The molecule has 1 N–H and O–H groups in total. The number of nitrogens with one attached hydrogen (secondary N) is 1. The molecule has 0 fully saturated rings. The molecule has 30 heavy (non-hydrogen) atoms. The van der Waals surface area contributed by atoms with Crippen molar-refractivity contribution in [3.8, 4) is 0 Å². The van der Waals surface area contributed by atoms with E-state index in [0.29, 0.717) is 5.02 Å². The van der Waals surface area contributed by atoms with E-state index in [2.05, 4.69) is 10.3 Å². The van der Waals surface area contributed by atoms with Crippen molar-refractivity contribution in [2.45, 2.75) is 39.5 Å². The number of hydrogen-bond acceptors (Lipinski definition) is 3. The van der Waals surface area contributed by atoms with Crippen molar-refractivity contribution in [3.63, 3.8) is 0 Å². The van der Waals surface area contributed by atoms with Crippen LogP contribution in [0, 0.1) is 13.8 Å². The Morgan fingerprint density at radius 1 is 1.17 bits per heavy atom. The highest BCUT2D eigenvalue weighted by Crippen LogP contribution is 2.28. The summed E-state index contributed by atoms with van der Waals surface area (Å²) in [6, 6.07) is 8.63. The van der Waals surface area contributed by atoms with Gasteiger partial charge >= 0.3 is 6.18 Å².